The number of nitrogens with zero attached hydrogens (tertiary/aromatic N) is 2. The fraction of sp³-hybridized carbons (Fsp3) is 0.933. The van der Waals surface area contributed by atoms with Crippen molar-refractivity contribution >= 4 is 5.97 Å². The van der Waals surface area contributed by atoms with Crippen LogP contribution in [0.5, 0.6) is 0 Å². The Morgan fingerprint density at radius 2 is 1.84 bits per heavy atom. The highest BCUT2D eigenvalue weighted by Gasteiger charge is 2.36. The molecule has 1 saturated carbocycles. The van der Waals surface area contributed by atoms with Crippen LogP contribution in [0.4, 0.5) is 0 Å². The third-order valence-corrected chi connectivity index (χ3v) is 5.08. The van der Waals surface area contributed by atoms with Gasteiger partial charge >= 0.3 is 5.97 Å². The first-order chi connectivity index (χ1) is 9.13. The highest BCUT2D eigenvalue weighted by atomic mass is 16.4. The lowest BCUT2D eigenvalue weighted by atomic mass is 9.83. The summed E-state index contributed by atoms with van der Waals surface area (Å²) in [6.45, 7) is 8.79. The first-order valence-corrected chi connectivity index (χ1v) is 7.84. The highest BCUT2D eigenvalue weighted by Crippen LogP contribution is 2.29. The van der Waals surface area contributed by atoms with E-state index in [1.165, 1.54) is 12.8 Å². The summed E-state index contributed by atoms with van der Waals surface area (Å²) in [5.74, 6) is -0.724. The molecule has 0 aromatic rings. The average molecular weight is 268 g/mol. The molecule has 0 radical (unpaired) electrons. The Morgan fingerprint density at radius 3 is 2.42 bits per heavy atom. The van der Waals surface area contributed by atoms with Crippen LogP contribution in [0.15, 0.2) is 0 Å². The standard InChI is InChI=1S/C15H28N2O2/c1-3-12(2)16-8-10-17(11-9-16)14-7-5-4-6-13(14)15(18)19/h12-14H,3-11H2,1-2H3,(H,18,19). The zero-order chi connectivity index (χ0) is 13.8. The zero-order valence-electron chi connectivity index (χ0n) is 12.3. The van der Waals surface area contributed by atoms with Gasteiger partial charge in [0.05, 0.1) is 5.92 Å². The van der Waals surface area contributed by atoms with E-state index >= 15 is 0 Å². The molecule has 110 valence electrons. The monoisotopic (exact) mass is 268 g/mol. The largest absolute Gasteiger partial charge is 0.481 e. The third kappa shape index (κ3) is 3.48. The van der Waals surface area contributed by atoms with Gasteiger partial charge in [0.2, 0.25) is 0 Å². The van der Waals surface area contributed by atoms with E-state index < -0.39 is 5.97 Å². The van der Waals surface area contributed by atoms with Crippen molar-refractivity contribution in [3.8, 4) is 0 Å². The Kier molecular flexibility index (Phi) is 5.22. The van der Waals surface area contributed by atoms with Gasteiger partial charge in [0, 0.05) is 38.3 Å². The van der Waals surface area contributed by atoms with Crippen LogP contribution in [0.1, 0.15) is 46.0 Å². The molecule has 2 aliphatic rings. The molecule has 4 nitrogen and oxygen atoms in total. The van der Waals surface area contributed by atoms with Crippen LogP contribution < -0.4 is 0 Å². The minimum absolute atomic E-state index is 0.135. The molecule has 0 bridgehead atoms. The molecular weight excluding hydrogens is 240 g/mol. The molecule has 2 rings (SSSR count). The maximum atomic E-state index is 11.4. The van der Waals surface area contributed by atoms with Crippen molar-refractivity contribution in [2.45, 2.75) is 58.0 Å². The fourth-order valence-corrected chi connectivity index (χ4v) is 3.60. The van der Waals surface area contributed by atoms with Crippen molar-refractivity contribution in [1.82, 2.24) is 9.80 Å². The van der Waals surface area contributed by atoms with Gasteiger partial charge in [0.15, 0.2) is 0 Å². The quantitative estimate of drug-likeness (QED) is 0.847. The van der Waals surface area contributed by atoms with Crippen LogP contribution in [-0.4, -0.2) is 59.1 Å². The minimum Gasteiger partial charge on any atom is -0.481 e. The Balaban J connectivity index is 1.90. The number of piperazine rings is 1. The fourth-order valence-electron chi connectivity index (χ4n) is 3.60. The van der Waals surface area contributed by atoms with Gasteiger partial charge in [-0.05, 0) is 26.2 Å². The number of carbonyl (C=O) groups is 1. The molecule has 1 heterocycles. The summed E-state index contributed by atoms with van der Waals surface area (Å²) in [5.41, 5.74) is 0. The topological polar surface area (TPSA) is 43.8 Å². The van der Waals surface area contributed by atoms with Gasteiger partial charge in [-0.3, -0.25) is 14.6 Å². The number of carboxylic acids is 1. The Labute approximate surface area is 116 Å². The summed E-state index contributed by atoms with van der Waals surface area (Å²) < 4.78 is 0. The summed E-state index contributed by atoms with van der Waals surface area (Å²) in [7, 11) is 0. The maximum absolute atomic E-state index is 11.4. The van der Waals surface area contributed by atoms with E-state index in [2.05, 4.69) is 23.6 Å². The number of aliphatic carboxylic acids is 1. The summed E-state index contributed by atoms with van der Waals surface area (Å²) in [6.07, 6.45) is 5.41. The summed E-state index contributed by atoms with van der Waals surface area (Å²) in [6, 6.07) is 0.939. The van der Waals surface area contributed by atoms with Gasteiger partial charge in [0.1, 0.15) is 0 Å². The van der Waals surface area contributed by atoms with E-state index in [9.17, 15) is 9.90 Å². The lowest BCUT2D eigenvalue weighted by molar-refractivity contribution is -0.146. The molecule has 0 aromatic carbocycles. The second-order valence-electron chi connectivity index (χ2n) is 6.13. The molecule has 19 heavy (non-hydrogen) atoms. The Bertz CT molecular complexity index is 301. The SMILES string of the molecule is CCC(C)N1CCN(C2CCCCC2C(=O)O)CC1. The predicted molar refractivity (Wildman–Crippen MR) is 76.3 cm³/mol. The molecule has 4 heteroatoms. The maximum Gasteiger partial charge on any atom is 0.308 e. The molecule has 1 aliphatic heterocycles. The van der Waals surface area contributed by atoms with Crippen molar-refractivity contribution in [2.24, 2.45) is 5.92 Å². The van der Waals surface area contributed by atoms with Gasteiger partial charge < -0.3 is 5.11 Å². The average Bonchev–Trinajstić information content (AvgIpc) is 2.46. The van der Waals surface area contributed by atoms with Crippen molar-refractivity contribution in [3.63, 3.8) is 0 Å². The number of hydrogen-bond acceptors (Lipinski definition) is 3. The molecule has 0 spiro atoms. The summed E-state index contributed by atoms with van der Waals surface area (Å²) in [5, 5.41) is 9.38. The lowest BCUT2D eigenvalue weighted by Gasteiger charge is -2.44. The predicted octanol–water partition coefficient (Wildman–Crippen LogP) is 2.05. The van der Waals surface area contributed by atoms with E-state index in [1.807, 2.05) is 0 Å². The van der Waals surface area contributed by atoms with E-state index in [1.54, 1.807) is 0 Å². The molecule has 1 saturated heterocycles. The Hall–Kier alpha value is -0.610. The van der Waals surface area contributed by atoms with Crippen molar-refractivity contribution in [2.75, 3.05) is 26.2 Å². The molecule has 1 N–H and O–H groups in total. The summed E-state index contributed by atoms with van der Waals surface area (Å²) in [4.78, 5) is 16.4. The van der Waals surface area contributed by atoms with Crippen molar-refractivity contribution in [3.05, 3.63) is 0 Å². The smallest absolute Gasteiger partial charge is 0.308 e. The molecule has 3 unspecified atom stereocenters. The molecule has 1 aliphatic carbocycles. The van der Waals surface area contributed by atoms with Gasteiger partial charge in [-0.1, -0.05) is 19.8 Å². The van der Waals surface area contributed by atoms with Crippen molar-refractivity contribution in [1.29, 1.82) is 0 Å². The number of carboxylic acid groups (broad SMARTS) is 1. The van der Waals surface area contributed by atoms with Crippen LogP contribution in [-0.2, 0) is 4.79 Å². The normalized spacial score (nSPS) is 32.1. The molecular formula is C15H28N2O2. The molecule has 2 fully saturated rings. The van der Waals surface area contributed by atoms with Crippen LogP contribution in [0.25, 0.3) is 0 Å². The van der Waals surface area contributed by atoms with E-state index in [4.69, 9.17) is 0 Å². The van der Waals surface area contributed by atoms with E-state index in [-0.39, 0.29) is 12.0 Å². The first-order valence-electron chi connectivity index (χ1n) is 7.84. The molecule has 0 amide bonds. The van der Waals surface area contributed by atoms with Gasteiger partial charge in [0.25, 0.3) is 0 Å². The second-order valence-corrected chi connectivity index (χ2v) is 6.13. The highest BCUT2D eigenvalue weighted by molar-refractivity contribution is 5.71. The van der Waals surface area contributed by atoms with Gasteiger partial charge in [-0.25, -0.2) is 0 Å². The van der Waals surface area contributed by atoms with Crippen LogP contribution in [0.3, 0.4) is 0 Å². The van der Waals surface area contributed by atoms with E-state index in [0.29, 0.717) is 6.04 Å². The number of rotatable bonds is 4. The van der Waals surface area contributed by atoms with Gasteiger partial charge in [-0.15, -0.1) is 0 Å². The Morgan fingerprint density at radius 1 is 1.21 bits per heavy atom. The first kappa shape index (κ1) is 14.8. The zero-order valence-corrected chi connectivity index (χ0v) is 12.3. The third-order valence-electron chi connectivity index (χ3n) is 5.08. The van der Waals surface area contributed by atoms with E-state index in [0.717, 1.165) is 45.4 Å². The van der Waals surface area contributed by atoms with Crippen LogP contribution in [0.2, 0.25) is 0 Å². The molecule has 3 atom stereocenters. The van der Waals surface area contributed by atoms with Crippen LogP contribution >= 0.6 is 0 Å². The molecule has 0 aromatic heterocycles. The summed E-state index contributed by atoms with van der Waals surface area (Å²) >= 11 is 0. The van der Waals surface area contributed by atoms with Crippen molar-refractivity contribution < 1.29 is 9.90 Å². The second kappa shape index (κ2) is 6.71. The lowest BCUT2D eigenvalue weighted by Crippen LogP contribution is -2.55. The van der Waals surface area contributed by atoms with Crippen LogP contribution in [0, 0.1) is 5.92 Å². The van der Waals surface area contributed by atoms with Gasteiger partial charge in [-0.2, -0.15) is 0 Å². The number of hydrogen-bond donors (Lipinski definition) is 1. The minimum atomic E-state index is -0.589.